The van der Waals surface area contributed by atoms with Crippen LogP contribution in [0, 0.1) is 12.7 Å². The van der Waals surface area contributed by atoms with Crippen LogP contribution in [-0.2, 0) is 15.8 Å². The average Bonchev–Trinajstić information content (AvgIpc) is 3.07. The van der Waals surface area contributed by atoms with Gasteiger partial charge >= 0.3 is 5.97 Å². The van der Waals surface area contributed by atoms with Gasteiger partial charge in [0.25, 0.3) is 8.32 Å². The van der Waals surface area contributed by atoms with E-state index < -0.39 is 14.3 Å². The van der Waals surface area contributed by atoms with E-state index >= 15 is 0 Å². The van der Waals surface area contributed by atoms with Crippen LogP contribution < -0.4 is 15.1 Å². The summed E-state index contributed by atoms with van der Waals surface area (Å²) in [5.74, 6) is -0.190. The predicted octanol–water partition coefficient (Wildman–Crippen LogP) is 8.89. The Labute approximate surface area is 279 Å². The number of carbonyl (C=O) groups excluding carboxylic acids is 1. The molecule has 242 valence electrons. The number of halogens is 1. The fourth-order valence-electron chi connectivity index (χ4n) is 6.11. The van der Waals surface area contributed by atoms with Crippen LogP contribution in [0.2, 0.25) is 5.04 Å². The molecular weight excluding hydrogens is 604 g/mol. The summed E-state index contributed by atoms with van der Waals surface area (Å²) >= 11 is 0. The maximum Gasteiger partial charge on any atom is 0.338 e. The van der Waals surface area contributed by atoms with Gasteiger partial charge in [-0.15, -0.1) is 0 Å². The molecule has 4 nitrogen and oxygen atoms in total. The van der Waals surface area contributed by atoms with E-state index in [-0.39, 0.29) is 23.6 Å². The van der Waals surface area contributed by atoms with Crippen molar-refractivity contribution in [3.8, 4) is 16.9 Å². The van der Waals surface area contributed by atoms with E-state index in [9.17, 15) is 9.18 Å². The van der Waals surface area contributed by atoms with Crippen molar-refractivity contribution < 1.29 is 23.1 Å². The van der Waals surface area contributed by atoms with Crippen molar-refractivity contribution in [2.45, 2.75) is 58.8 Å². The van der Waals surface area contributed by atoms with Crippen molar-refractivity contribution >= 4 is 24.7 Å². The van der Waals surface area contributed by atoms with Gasteiger partial charge in [-0.2, -0.15) is 0 Å². The Bertz CT molecular complexity index is 1730. The Morgan fingerprint density at radius 1 is 0.787 bits per heavy atom. The summed E-state index contributed by atoms with van der Waals surface area (Å²) in [7, 11) is -2.67. The number of aryl methyl sites for hydroxylation is 1. The molecule has 0 radical (unpaired) electrons. The standard InChI is InChI=1S/C41H43FO4Si/c1-30-27-33(21-23-37(30)40(43)44-29-32-15-9-6-10-16-32)38-28-34(42)22-24-39(38)46-31(2)25-26-45-47(41(3,4)5,35-17-11-7-12-18-35)36-19-13-8-14-20-36/h6-24,27-28,31H,25-26,29H2,1-5H3/t31-/m1/s1. The summed E-state index contributed by atoms with van der Waals surface area (Å²) in [5.41, 5.74) is 3.51. The number of rotatable bonds is 12. The van der Waals surface area contributed by atoms with Crippen LogP contribution >= 0.6 is 0 Å². The van der Waals surface area contributed by atoms with Gasteiger partial charge in [-0.1, -0.05) is 124 Å². The highest BCUT2D eigenvalue weighted by molar-refractivity contribution is 6.99. The Balaban J connectivity index is 1.31. The minimum Gasteiger partial charge on any atom is -0.490 e. The van der Waals surface area contributed by atoms with Gasteiger partial charge in [-0.25, -0.2) is 9.18 Å². The third-order valence-electron chi connectivity index (χ3n) is 8.50. The number of carbonyl (C=O) groups is 1. The number of ether oxygens (including phenoxy) is 2. The molecule has 0 heterocycles. The van der Waals surface area contributed by atoms with Crippen LogP contribution in [0.1, 0.15) is 55.6 Å². The molecule has 0 aliphatic carbocycles. The number of benzene rings is 5. The SMILES string of the molecule is Cc1cc(-c2cc(F)ccc2O[C@H](C)CCO[Si](c2ccccc2)(c2ccccc2)C(C)(C)C)ccc1C(=O)OCc1ccccc1. The maximum absolute atomic E-state index is 14.6. The molecule has 0 N–H and O–H groups in total. The fourth-order valence-corrected chi connectivity index (χ4v) is 10.7. The lowest BCUT2D eigenvalue weighted by atomic mass is 9.99. The van der Waals surface area contributed by atoms with Crippen molar-refractivity contribution in [3.63, 3.8) is 0 Å². The van der Waals surface area contributed by atoms with E-state index in [0.717, 1.165) is 16.7 Å². The molecule has 0 aliphatic heterocycles. The quantitative estimate of drug-likeness (QED) is 0.100. The van der Waals surface area contributed by atoms with Gasteiger partial charge in [-0.3, -0.25) is 0 Å². The van der Waals surface area contributed by atoms with Gasteiger partial charge in [0.2, 0.25) is 0 Å². The summed E-state index contributed by atoms with van der Waals surface area (Å²) in [6, 6.07) is 40.7. The van der Waals surface area contributed by atoms with Crippen molar-refractivity contribution in [1.82, 2.24) is 0 Å². The largest absolute Gasteiger partial charge is 0.490 e. The summed E-state index contributed by atoms with van der Waals surface area (Å²) in [6.45, 7) is 11.4. The topological polar surface area (TPSA) is 44.8 Å². The first kappa shape index (κ1) is 33.8. The van der Waals surface area contributed by atoms with Crippen LogP contribution in [0.25, 0.3) is 11.1 Å². The van der Waals surface area contributed by atoms with Crippen molar-refractivity contribution in [3.05, 3.63) is 150 Å². The lowest BCUT2D eigenvalue weighted by molar-refractivity contribution is 0.0472. The summed E-state index contributed by atoms with van der Waals surface area (Å²) in [5, 5.41) is 2.34. The normalized spacial score (nSPS) is 12.4. The smallest absolute Gasteiger partial charge is 0.338 e. The molecule has 0 aromatic heterocycles. The predicted molar refractivity (Wildman–Crippen MR) is 190 cm³/mol. The third-order valence-corrected chi connectivity index (χ3v) is 13.5. The second kappa shape index (κ2) is 14.9. The number of hydrogen-bond donors (Lipinski definition) is 0. The van der Waals surface area contributed by atoms with E-state index in [1.807, 2.05) is 68.4 Å². The van der Waals surface area contributed by atoms with Gasteiger partial charge < -0.3 is 13.9 Å². The van der Waals surface area contributed by atoms with E-state index in [1.165, 1.54) is 22.5 Å². The van der Waals surface area contributed by atoms with E-state index in [1.54, 1.807) is 12.1 Å². The average molecular weight is 647 g/mol. The Hall–Kier alpha value is -4.52. The highest BCUT2D eigenvalue weighted by Crippen LogP contribution is 2.37. The molecule has 0 bridgehead atoms. The molecule has 5 aromatic rings. The second-order valence-electron chi connectivity index (χ2n) is 13.0. The van der Waals surface area contributed by atoms with E-state index in [2.05, 4.69) is 69.3 Å². The first-order valence-electron chi connectivity index (χ1n) is 16.1. The molecule has 0 fully saturated rings. The minimum absolute atomic E-state index is 0.123. The lowest BCUT2D eigenvalue weighted by Crippen LogP contribution is -2.66. The van der Waals surface area contributed by atoms with Gasteiger partial charge in [-0.05, 0) is 70.2 Å². The monoisotopic (exact) mass is 646 g/mol. The highest BCUT2D eigenvalue weighted by atomic mass is 28.4. The number of hydrogen-bond acceptors (Lipinski definition) is 4. The van der Waals surface area contributed by atoms with Gasteiger partial charge in [0, 0.05) is 18.6 Å². The molecule has 0 spiro atoms. The molecule has 0 unspecified atom stereocenters. The second-order valence-corrected chi connectivity index (χ2v) is 17.3. The molecule has 1 atom stereocenters. The molecular formula is C41H43FO4Si. The molecule has 6 heteroatoms. The molecule has 5 aromatic carbocycles. The van der Waals surface area contributed by atoms with Crippen LogP contribution in [0.3, 0.4) is 0 Å². The molecule has 0 amide bonds. The molecule has 0 saturated heterocycles. The zero-order valence-electron chi connectivity index (χ0n) is 27.8. The molecule has 5 rings (SSSR count). The maximum atomic E-state index is 14.6. The van der Waals surface area contributed by atoms with E-state index in [0.29, 0.717) is 29.9 Å². The van der Waals surface area contributed by atoms with Crippen LogP contribution in [-0.4, -0.2) is 27.0 Å². The van der Waals surface area contributed by atoms with Gasteiger partial charge in [0.05, 0.1) is 11.7 Å². The third kappa shape index (κ3) is 7.90. The zero-order valence-corrected chi connectivity index (χ0v) is 28.8. The zero-order chi connectivity index (χ0) is 33.4. The first-order chi connectivity index (χ1) is 22.6. The van der Waals surface area contributed by atoms with Gasteiger partial charge in [0.15, 0.2) is 0 Å². The molecule has 0 saturated carbocycles. The Kier molecular flexibility index (Phi) is 10.7. The van der Waals surface area contributed by atoms with Crippen LogP contribution in [0.4, 0.5) is 4.39 Å². The Morgan fingerprint density at radius 3 is 1.96 bits per heavy atom. The van der Waals surface area contributed by atoms with E-state index in [4.69, 9.17) is 13.9 Å². The fraction of sp³-hybridized carbons (Fsp3) is 0.244. The lowest BCUT2D eigenvalue weighted by Gasteiger charge is -2.43. The summed E-state index contributed by atoms with van der Waals surface area (Å²) in [6.07, 6.45) is 0.442. The number of esters is 1. The summed E-state index contributed by atoms with van der Waals surface area (Å²) in [4.78, 5) is 12.9. The molecule has 0 aliphatic rings. The highest BCUT2D eigenvalue weighted by Gasteiger charge is 2.50. The summed E-state index contributed by atoms with van der Waals surface area (Å²) < 4.78 is 33.6. The van der Waals surface area contributed by atoms with Crippen LogP contribution in [0.5, 0.6) is 5.75 Å². The van der Waals surface area contributed by atoms with Gasteiger partial charge in [0.1, 0.15) is 18.2 Å². The first-order valence-corrected chi connectivity index (χ1v) is 18.0. The van der Waals surface area contributed by atoms with Crippen molar-refractivity contribution in [2.24, 2.45) is 0 Å². The molecule has 47 heavy (non-hydrogen) atoms. The van der Waals surface area contributed by atoms with Crippen molar-refractivity contribution in [2.75, 3.05) is 6.61 Å². The Morgan fingerprint density at radius 2 is 1.38 bits per heavy atom. The van der Waals surface area contributed by atoms with Crippen LogP contribution in [0.15, 0.2) is 127 Å². The van der Waals surface area contributed by atoms with Crippen molar-refractivity contribution in [1.29, 1.82) is 0 Å². The minimum atomic E-state index is -2.67.